The zero-order valence-corrected chi connectivity index (χ0v) is 11.0. The average molecular weight is 253 g/mol. The number of hydrogen-bond donors (Lipinski definition) is 1. The number of halogens is 2. The first kappa shape index (κ1) is 13.5. The van der Waals surface area contributed by atoms with Gasteiger partial charge in [-0.3, -0.25) is 0 Å². The Morgan fingerprint density at radius 2 is 2.06 bits per heavy atom. The van der Waals surface area contributed by atoms with Gasteiger partial charge in [0.1, 0.15) is 11.6 Å². The molecule has 1 aliphatic carbocycles. The highest BCUT2D eigenvalue weighted by Gasteiger charge is 2.33. The van der Waals surface area contributed by atoms with Crippen LogP contribution in [0.5, 0.6) is 0 Å². The molecule has 0 radical (unpaired) electrons. The van der Waals surface area contributed by atoms with Gasteiger partial charge in [-0.2, -0.15) is 0 Å². The largest absolute Gasteiger partial charge is 0.316 e. The lowest BCUT2D eigenvalue weighted by atomic mass is 9.70. The molecule has 2 rings (SSSR count). The van der Waals surface area contributed by atoms with E-state index in [1.807, 2.05) is 0 Å². The van der Waals surface area contributed by atoms with Crippen LogP contribution in [0.2, 0.25) is 0 Å². The predicted molar refractivity (Wildman–Crippen MR) is 69.5 cm³/mol. The molecule has 1 saturated carbocycles. The highest BCUT2D eigenvalue weighted by atomic mass is 19.1. The summed E-state index contributed by atoms with van der Waals surface area (Å²) in [5.41, 5.74) is 0.553. The lowest BCUT2D eigenvalue weighted by Gasteiger charge is -2.37. The molecule has 0 heterocycles. The molecule has 100 valence electrons. The summed E-state index contributed by atoms with van der Waals surface area (Å²) in [4.78, 5) is 0. The fourth-order valence-electron chi connectivity index (χ4n) is 2.58. The van der Waals surface area contributed by atoms with E-state index in [-0.39, 0.29) is 17.6 Å². The van der Waals surface area contributed by atoms with Gasteiger partial charge in [0.25, 0.3) is 0 Å². The van der Waals surface area contributed by atoms with E-state index in [9.17, 15) is 8.78 Å². The molecule has 0 bridgehead atoms. The lowest BCUT2D eigenvalue weighted by molar-refractivity contribution is 0.237. The maximum Gasteiger partial charge on any atom is 0.126 e. The molecule has 2 unspecified atom stereocenters. The normalized spacial score (nSPS) is 23.2. The average Bonchev–Trinajstić information content (AvgIpc) is 2.27. The number of rotatable bonds is 5. The van der Waals surface area contributed by atoms with E-state index in [0.29, 0.717) is 17.4 Å². The van der Waals surface area contributed by atoms with Gasteiger partial charge in [0, 0.05) is 0 Å². The Morgan fingerprint density at radius 3 is 2.67 bits per heavy atom. The van der Waals surface area contributed by atoms with Gasteiger partial charge in [0.15, 0.2) is 0 Å². The van der Waals surface area contributed by atoms with Crippen molar-refractivity contribution in [3.63, 3.8) is 0 Å². The maximum absolute atomic E-state index is 13.7. The minimum atomic E-state index is -0.341. The van der Waals surface area contributed by atoms with E-state index in [0.717, 1.165) is 25.9 Å². The lowest BCUT2D eigenvalue weighted by Crippen LogP contribution is -2.35. The Kier molecular flexibility index (Phi) is 4.33. The van der Waals surface area contributed by atoms with E-state index in [1.54, 1.807) is 0 Å². The Hall–Kier alpha value is -0.960. The summed E-state index contributed by atoms with van der Waals surface area (Å²) in [6.45, 7) is 6.21. The van der Waals surface area contributed by atoms with Crippen LogP contribution in [0.1, 0.15) is 38.2 Å². The molecule has 1 aromatic rings. The highest BCUT2D eigenvalue weighted by molar-refractivity contribution is 5.25. The molecular formula is C15H21F2N. The second-order valence-corrected chi connectivity index (χ2v) is 5.66. The Bertz CT molecular complexity index is 403. The first-order valence-corrected chi connectivity index (χ1v) is 6.73. The van der Waals surface area contributed by atoms with Crippen molar-refractivity contribution in [1.82, 2.24) is 5.32 Å². The van der Waals surface area contributed by atoms with Gasteiger partial charge in [0.05, 0.1) is 0 Å². The zero-order valence-electron chi connectivity index (χ0n) is 11.0. The molecule has 1 N–H and O–H groups in total. The quantitative estimate of drug-likeness (QED) is 0.843. The van der Waals surface area contributed by atoms with Gasteiger partial charge < -0.3 is 5.32 Å². The van der Waals surface area contributed by atoms with Crippen molar-refractivity contribution in [3.8, 4) is 0 Å². The summed E-state index contributed by atoms with van der Waals surface area (Å²) in [5.74, 6) is 0.636. The van der Waals surface area contributed by atoms with Crippen LogP contribution < -0.4 is 5.32 Å². The Balaban J connectivity index is 1.95. The highest BCUT2D eigenvalue weighted by Crippen LogP contribution is 2.43. The molecule has 0 aliphatic heterocycles. The van der Waals surface area contributed by atoms with E-state index in [2.05, 4.69) is 19.2 Å². The Labute approximate surface area is 108 Å². The van der Waals surface area contributed by atoms with E-state index >= 15 is 0 Å². The van der Waals surface area contributed by atoms with Gasteiger partial charge in [-0.25, -0.2) is 8.78 Å². The van der Waals surface area contributed by atoms with E-state index < -0.39 is 0 Å². The third-order valence-electron chi connectivity index (χ3n) is 3.73. The molecule has 0 aromatic heterocycles. The minimum Gasteiger partial charge on any atom is -0.316 e. The van der Waals surface area contributed by atoms with Crippen LogP contribution in [-0.4, -0.2) is 13.1 Å². The molecule has 18 heavy (non-hydrogen) atoms. The molecule has 1 aromatic carbocycles. The summed E-state index contributed by atoms with van der Waals surface area (Å²) >= 11 is 0. The third-order valence-corrected chi connectivity index (χ3v) is 3.73. The second kappa shape index (κ2) is 5.79. The standard InChI is InChI=1S/C15H21F2N/c1-10(2)8-18-9-11-3-5-13(11)14-7-12(16)4-6-15(14)17/h4,6-7,10-11,13,18H,3,5,8-9H2,1-2H3. The third kappa shape index (κ3) is 3.08. The van der Waals surface area contributed by atoms with Crippen molar-refractivity contribution in [1.29, 1.82) is 0 Å². The molecule has 3 heteroatoms. The minimum absolute atomic E-state index is 0.181. The predicted octanol–water partition coefficient (Wildman–Crippen LogP) is 3.70. The van der Waals surface area contributed by atoms with Crippen LogP contribution in [0.4, 0.5) is 8.78 Å². The van der Waals surface area contributed by atoms with Crippen LogP contribution in [0.15, 0.2) is 18.2 Å². The van der Waals surface area contributed by atoms with Crippen molar-refractivity contribution < 1.29 is 8.78 Å². The van der Waals surface area contributed by atoms with Crippen molar-refractivity contribution in [2.24, 2.45) is 11.8 Å². The maximum atomic E-state index is 13.7. The first-order valence-electron chi connectivity index (χ1n) is 6.73. The molecule has 1 aliphatic rings. The molecule has 1 nitrogen and oxygen atoms in total. The summed E-state index contributed by atoms with van der Waals surface area (Å²) in [6.07, 6.45) is 2.07. The number of nitrogens with one attached hydrogen (secondary N) is 1. The summed E-state index contributed by atoms with van der Waals surface area (Å²) in [6, 6.07) is 3.78. The van der Waals surface area contributed by atoms with Crippen LogP contribution in [0.3, 0.4) is 0 Å². The van der Waals surface area contributed by atoms with E-state index in [1.165, 1.54) is 18.2 Å². The first-order chi connectivity index (χ1) is 8.58. The van der Waals surface area contributed by atoms with Crippen molar-refractivity contribution >= 4 is 0 Å². The second-order valence-electron chi connectivity index (χ2n) is 5.66. The van der Waals surface area contributed by atoms with Gasteiger partial charge in [0.2, 0.25) is 0 Å². The van der Waals surface area contributed by atoms with Crippen molar-refractivity contribution in [2.45, 2.75) is 32.6 Å². The smallest absolute Gasteiger partial charge is 0.126 e. The number of hydrogen-bond acceptors (Lipinski definition) is 1. The van der Waals surface area contributed by atoms with E-state index in [4.69, 9.17) is 0 Å². The summed E-state index contributed by atoms with van der Waals surface area (Å²) in [5, 5.41) is 3.40. The molecule has 0 amide bonds. The fraction of sp³-hybridized carbons (Fsp3) is 0.600. The van der Waals surface area contributed by atoms with Crippen LogP contribution >= 0.6 is 0 Å². The van der Waals surface area contributed by atoms with Crippen LogP contribution in [0, 0.1) is 23.5 Å². The monoisotopic (exact) mass is 253 g/mol. The topological polar surface area (TPSA) is 12.0 Å². The SMILES string of the molecule is CC(C)CNCC1CCC1c1cc(F)ccc1F. The molecule has 0 spiro atoms. The van der Waals surface area contributed by atoms with Crippen LogP contribution in [0.25, 0.3) is 0 Å². The molecule has 0 saturated heterocycles. The summed E-state index contributed by atoms with van der Waals surface area (Å²) < 4.78 is 26.8. The molecule has 2 atom stereocenters. The zero-order chi connectivity index (χ0) is 13.1. The van der Waals surface area contributed by atoms with Crippen molar-refractivity contribution in [3.05, 3.63) is 35.4 Å². The Morgan fingerprint density at radius 1 is 1.28 bits per heavy atom. The van der Waals surface area contributed by atoms with Crippen molar-refractivity contribution in [2.75, 3.05) is 13.1 Å². The molecular weight excluding hydrogens is 232 g/mol. The fourth-order valence-corrected chi connectivity index (χ4v) is 2.58. The van der Waals surface area contributed by atoms with Gasteiger partial charge in [-0.1, -0.05) is 13.8 Å². The van der Waals surface area contributed by atoms with Crippen LogP contribution in [-0.2, 0) is 0 Å². The van der Waals surface area contributed by atoms with Gasteiger partial charge in [-0.05, 0) is 67.4 Å². The molecule has 1 fully saturated rings. The van der Waals surface area contributed by atoms with Gasteiger partial charge >= 0.3 is 0 Å². The summed E-state index contributed by atoms with van der Waals surface area (Å²) in [7, 11) is 0. The number of benzene rings is 1. The van der Waals surface area contributed by atoms with Gasteiger partial charge in [-0.15, -0.1) is 0 Å².